The first-order chi connectivity index (χ1) is 12.6. The highest BCUT2D eigenvalue weighted by Gasteiger charge is 2.18. The van der Waals surface area contributed by atoms with Crippen molar-refractivity contribution in [2.75, 3.05) is 14.2 Å². The fraction of sp³-hybridized carbons (Fsp3) is 0.0909. The fourth-order valence-electron chi connectivity index (χ4n) is 2.66. The van der Waals surface area contributed by atoms with Gasteiger partial charge in [-0.25, -0.2) is 9.59 Å². The summed E-state index contributed by atoms with van der Waals surface area (Å²) in [4.78, 5) is 23.8. The average molecular weight is 344 g/mol. The molecule has 3 rings (SSSR count). The highest BCUT2D eigenvalue weighted by atomic mass is 16.5. The Balaban J connectivity index is 2.05. The van der Waals surface area contributed by atoms with Gasteiger partial charge in [0.05, 0.1) is 25.3 Å². The van der Waals surface area contributed by atoms with Crippen LogP contribution in [0.5, 0.6) is 0 Å². The molecule has 0 atom stereocenters. The van der Waals surface area contributed by atoms with E-state index in [-0.39, 0.29) is 11.1 Å². The first-order valence-electron chi connectivity index (χ1n) is 7.94. The van der Waals surface area contributed by atoms with Gasteiger partial charge in [-0.1, -0.05) is 48.2 Å². The maximum absolute atomic E-state index is 12.0. The molecule has 0 N–H and O–H groups in total. The number of esters is 2. The van der Waals surface area contributed by atoms with Gasteiger partial charge in [0.2, 0.25) is 0 Å². The quantitative estimate of drug-likeness (QED) is 0.524. The van der Waals surface area contributed by atoms with Crippen molar-refractivity contribution >= 4 is 22.7 Å². The van der Waals surface area contributed by atoms with Crippen molar-refractivity contribution in [1.29, 1.82) is 0 Å². The molecule has 4 nitrogen and oxygen atoms in total. The van der Waals surface area contributed by atoms with E-state index in [1.807, 2.05) is 42.5 Å². The highest BCUT2D eigenvalue weighted by molar-refractivity contribution is 6.03. The molecule has 128 valence electrons. The summed E-state index contributed by atoms with van der Waals surface area (Å²) in [6.07, 6.45) is 0. The van der Waals surface area contributed by atoms with Crippen molar-refractivity contribution in [3.63, 3.8) is 0 Å². The summed E-state index contributed by atoms with van der Waals surface area (Å²) in [7, 11) is 2.52. The lowest BCUT2D eigenvalue weighted by Crippen LogP contribution is -2.12. The molecular formula is C22H16O4. The van der Waals surface area contributed by atoms with Crippen molar-refractivity contribution in [3.05, 3.63) is 82.9 Å². The Morgan fingerprint density at radius 1 is 0.769 bits per heavy atom. The Morgan fingerprint density at radius 2 is 1.46 bits per heavy atom. The summed E-state index contributed by atoms with van der Waals surface area (Å²) >= 11 is 0. The van der Waals surface area contributed by atoms with Crippen molar-refractivity contribution < 1.29 is 19.1 Å². The van der Waals surface area contributed by atoms with Gasteiger partial charge in [-0.05, 0) is 35.0 Å². The zero-order valence-corrected chi connectivity index (χ0v) is 14.4. The highest BCUT2D eigenvalue weighted by Crippen LogP contribution is 2.18. The van der Waals surface area contributed by atoms with Crippen LogP contribution in [0.1, 0.15) is 31.8 Å². The molecule has 0 bridgehead atoms. The van der Waals surface area contributed by atoms with E-state index < -0.39 is 11.9 Å². The molecule has 0 fully saturated rings. The fourth-order valence-corrected chi connectivity index (χ4v) is 2.66. The van der Waals surface area contributed by atoms with E-state index in [4.69, 9.17) is 9.47 Å². The molecule has 0 radical (unpaired) electrons. The lowest BCUT2D eigenvalue weighted by Gasteiger charge is -2.06. The van der Waals surface area contributed by atoms with Gasteiger partial charge in [-0.2, -0.15) is 0 Å². The molecule has 0 aliphatic rings. The lowest BCUT2D eigenvalue weighted by molar-refractivity contribution is 0.0555. The minimum Gasteiger partial charge on any atom is -0.465 e. The maximum Gasteiger partial charge on any atom is 0.338 e. The minimum atomic E-state index is -0.612. The molecule has 26 heavy (non-hydrogen) atoms. The summed E-state index contributed by atoms with van der Waals surface area (Å²) < 4.78 is 9.46. The van der Waals surface area contributed by atoms with Gasteiger partial charge in [0, 0.05) is 11.1 Å². The smallest absolute Gasteiger partial charge is 0.338 e. The lowest BCUT2D eigenvalue weighted by atomic mass is 10.0. The van der Waals surface area contributed by atoms with E-state index in [9.17, 15) is 9.59 Å². The molecule has 0 unspecified atom stereocenters. The van der Waals surface area contributed by atoms with Crippen molar-refractivity contribution in [1.82, 2.24) is 0 Å². The molecule has 0 saturated carbocycles. The maximum atomic E-state index is 12.0. The Kier molecular flexibility index (Phi) is 5.00. The average Bonchev–Trinajstić information content (AvgIpc) is 2.70. The van der Waals surface area contributed by atoms with Crippen molar-refractivity contribution in [3.8, 4) is 11.8 Å². The van der Waals surface area contributed by atoms with E-state index in [0.29, 0.717) is 5.56 Å². The van der Waals surface area contributed by atoms with Crippen LogP contribution in [-0.2, 0) is 9.47 Å². The summed E-state index contributed by atoms with van der Waals surface area (Å²) in [5.74, 6) is 4.97. The second-order valence-electron chi connectivity index (χ2n) is 5.52. The van der Waals surface area contributed by atoms with Crippen LogP contribution in [-0.4, -0.2) is 26.2 Å². The summed E-state index contributed by atoms with van der Waals surface area (Å²) in [5, 5.41) is 2.16. The van der Waals surface area contributed by atoms with E-state index in [0.717, 1.165) is 16.3 Å². The Labute approximate surface area is 151 Å². The van der Waals surface area contributed by atoms with Crippen LogP contribution in [0.3, 0.4) is 0 Å². The molecule has 0 aliphatic carbocycles. The van der Waals surface area contributed by atoms with Gasteiger partial charge in [-0.3, -0.25) is 0 Å². The van der Waals surface area contributed by atoms with Crippen LogP contribution in [0.2, 0.25) is 0 Å². The zero-order valence-electron chi connectivity index (χ0n) is 14.4. The van der Waals surface area contributed by atoms with Crippen molar-refractivity contribution in [2.45, 2.75) is 0 Å². The zero-order chi connectivity index (χ0) is 18.5. The van der Waals surface area contributed by atoms with Gasteiger partial charge in [-0.15, -0.1) is 0 Å². The summed E-state index contributed by atoms with van der Waals surface area (Å²) in [6.45, 7) is 0. The first kappa shape index (κ1) is 17.2. The minimum absolute atomic E-state index is 0.129. The SMILES string of the molecule is COC(=O)c1ccc(C#Cc2cccc3ccccc23)cc1C(=O)OC. The molecule has 0 spiro atoms. The van der Waals surface area contributed by atoms with Gasteiger partial charge >= 0.3 is 11.9 Å². The van der Waals surface area contributed by atoms with E-state index >= 15 is 0 Å². The Bertz CT molecular complexity index is 1050. The summed E-state index contributed by atoms with van der Waals surface area (Å²) in [6, 6.07) is 18.6. The monoisotopic (exact) mass is 344 g/mol. The van der Waals surface area contributed by atoms with E-state index in [2.05, 4.69) is 11.8 Å². The van der Waals surface area contributed by atoms with Gasteiger partial charge < -0.3 is 9.47 Å². The molecule has 0 amide bonds. The van der Waals surface area contributed by atoms with Gasteiger partial charge in [0.25, 0.3) is 0 Å². The van der Waals surface area contributed by atoms with Gasteiger partial charge in [0.15, 0.2) is 0 Å². The molecule has 3 aromatic carbocycles. The molecule has 3 aromatic rings. The third-order valence-corrected chi connectivity index (χ3v) is 3.96. The van der Waals surface area contributed by atoms with E-state index in [1.165, 1.54) is 26.4 Å². The second-order valence-corrected chi connectivity index (χ2v) is 5.52. The number of fused-ring (bicyclic) bond motifs is 1. The Hall–Kier alpha value is -3.58. The molecule has 0 aromatic heterocycles. The van der Waals surface area contributed by atoms with Crippen LogP contribution < -0.4 is 0 Å². The largest absolute Gasteiger partial charge is 0.465 e. The number of benzene rings is 3. The van der Waals surface area contributed by atoms with Crippen LogP contribution in [0.25, 0.3) is 10.8 Å². The van der Waals surface area contributed by atoms with Gasteiger partial charge in [0.1, 0.15) is 0 Å². The summed E-state index contributed by atoms with van der Waals surface area (Å²) in [5.41, 5.74) is 1.77. The third kappa shape index (κ3) is 3.42. The topological polar surface area (TPSA) is 52.6 Å². The Morgan fingerprint density at radius 3 is 2.23 bits per heavy atom. The number of ether oxygens (including phenoxy) is 2. The standard InChI is InChI=1S/C22H16O4/c1-25-21(23)19-13-11-15(14-20(19)22(24)26-2)10-12-17-8-5-7-16-6-3-4-9-18(16)17/h3-9,11,13-14H,1-2H3. The first-order valence-corrected chi connectivity index (χ1v) is 7.94. The molecule has 4 heteroatoms. The number of rotatable bonds is 2. The molecular weight excluding hydrogens is 328 g/mol. The third-order valence-electron chi connectivity index (χ3n) is 3.96. The van der Waals surface area contributed by atoms with Crippen LogP contribution in [0.15, 0.2) is 60.7 Å². The van der Waals surface area contributed by atoms with Crippen molar-refractivity contribution in [2.24, 2.45) is 0 Å². The van der Waals surface area contributed by atoms with Crippen LogP contribution >= 0.6 is 0 Å². The number of hydrogen-bond acceptors (Lipinski definition) is 4. The van der Waals surface area contributed by atoms with Crippen LogP contribution in [0.4, 0.5) is 0 Å². The van der Waals surface area contributed by atoms with E-state index in [1.54, 1.807) is 6.07 Å². The van der Waals surface area contributed by atoms with Crippen LogP contribution in [0, 0.1) is 11.8 Å². The number of hydrogen-bond donors (Lipinski definition) is 0. The number of carbonyl (C=O) groups is 2. The predicted molar refractivity (Wildman–Crippen MR) is 99.0 cm³/mol. The number of methoxy groups -OCH3 is 2. The molecule has 0 saturated heterocycles. The molecule has 0 aliphatic heterocycles. The predicted octanol–water partition coefficient (Wildman–Crippen LogP) is 3.81. The molecule has 0 heterocycles. The normalized spacial score (nSPS) is 9.92. The number of carbonyl (C=O) groups excluding carboxylic acids is 2. The second kappa shape index (κ2) is 7.54.